The van der Waals surface area contributed by atoms with Crippen LogP contribution in [-0.2, 0) is 4.74 Å². The van der Waals surface area contributed by atoms with Gasteiger partial charge in [-0.05, 0) is 0 Å². The van der Waals surface area contributed by atoms with Gasteiger partial charge in [0.25, 0.3) is 0 Å². The highest BCUT2D eigenvalue weighted by Gasteiger charge is 2.06. The Kier molecular flexibility index (Phi) is 5.12. The van der Waals surface area contributed by atoms with Gasteiger partial charge in [-0.1, -0.05) is 0 Å². The summed E-state index contributed by atoms with van der Waals surface area (Å²) in [4.78, 5) is 10.2. The largest absolute Gasteiger partial charge is 0.383 e. The zero-order valence-electron chi connectivity index (χ0n) is 8.76. The van der Waals surface area contributed by atoms with Crippen molar-refractivity contribution in [2.75, 3.05) is 31.7 Å². The molecule has 1 heterocycles. The Labute approximate surface area is 89.3 Å². The lowest BCUT2D eigenvalue weighted by Crippen LogP contribution is -2.29. The molecule has 0 N–H and O–H groups in total. The molecular weight excluding hydrogens is 192 g/mol. The average Bonchev–Trinajstić information content (AvgIpc) is 2.30. The first-order chi connectivity index (χ1) is 7.38. The molecular formula is C10H14N4O. The van der Waals surface area contributed by atoms with Crippen LogP contribution < -0.4 is 4.90 Å². The van der Waals surface area contributed by atoms with Crippen LogP contribution in [0.3, 0.4) is 0 Å². The minimum atomic E-state index is 0.473. The van der Waals surface area contributed by atoms with E-state index < -0.39 is 0 Å². The van der Waals surface area contributed by atoms with Crippen molar-refractivity contribution < 1.29 is 4.74 Å². The maximum atomic E-state index is 8.54. The molecule has 0 radical (unpaired) electrons. The lowest BCUT2D eigenvalue weighted by molar-refractivity contribution is 0.205. The number of anilines is 1. The van der Waals surface area contributed by atoms with Crippen molar-refractivity contribution in [2.45, 2.75) is 6.42 Å². The van der Waals surface area contributed by atoms with Gasteiger partial charge in [-0.3, -0.25) is 4.98 Å². The van der Waals surface area contributed by atoms with E-state index in [4.69, 9.17) is 10.00 Å². The number of hydrogen-bond donors (Lipinski definition) is 0. The molecule has 0 atom stereocenters. The Bertz CT molecular complexity index is 309. The van der Waals surface area contributed by atoms with Gasteiger partial charge >= 0.3 is 0 Å². The molecule has 0 saturated carbocycles. The summed E-state index contributed by atoms with van der Waals surface area (Å²) in [6.45, 7) is 1.98. The van der Waals surface area contributed by atoms with E-state index in [2.05, 4.69) is 16.0 Å². The van der Waals surface area contributed by atoms with E-state index in [0.29, 0.717) is 19.6 Å². The van der Waals surface area contributed by atoms with Gasteiger partial charge in [0.1, 0.15) is 5.82 Å². The molecule has 1 aromatic rings. The Balaban J connectivity index is 2.59. The first-order valence-corrected chi connectivity index (χ1v) is 4.75. The summed E-state index contributed by atoms with van der Waals surface area (Å²) >= 11 is 0. The van der Waals surface area contributed by atoms with E-state index in [-0.39, 0.29) is 0 Å². The molecule has 1 aromatic heterocycles. The van der Waals surface area contributed by atoms with Gasteiger partial charge in [0.15, 0.2) is 0 Å². The van der Waals surface area contributed by atoms with E-state index in [1.54, 1.807) is 25.7 Å². The molecule has 0 aromatic carbocycles. The molecule has 0 aliphatic rings. The van der Waals surface area contributed by atoms with E-state index in [1.165, 1.54) is 0 Å². The summed E-state index contributed by atoms with van der Waals surface area (Å²) in [5.74, 6) is 0.782. The van der Waals surface area contributed by atoms with Crippen LogP contribution in [0.5, 0.6) is 0 Å². The second kappa shape index (κ2) is 6.74. The minimum absolute atomic E-state index is 0.473. The molecule has 5 heteroatoms. The highest BCUT2D eigenvalue weighted by molar-refractivity contribution is 5.34. The molecule has 0 amide bonds. The van der Waals surface area contributed by atoms with Crippen LogP contribution >= 0.6 is 0 Å². The number of rotatable bonds is 6. The van der Waals surface area contributed by atoms with Crippen molar-refractivity contribution in [2.24, 2.45) is 0 Å². The maximum absolute atomic E-state index is 8.54. The van der Waals surface area contributed by atoms with Gasteiger partial charge < -0.3 is 9.64 Å². The van der Waals surface area contributed by atoms with Gasteiger partial charge in [0, 0.05) is 32.6 Å². The SMILES string of the molecule is COCCN(CCC#N)c1cnccn1. The van der Waals surface area contributed by atoms with Crippen LogP contribution in [0.2, 0.25) is 0 Å². The lowest BCUT2D eigenvalue weighted by atomic mass is 10.4. The smallest absolute Gasteiger partial charge is 0.147 e. The Morgan fingerprint density at radius 1 is 1.47 bits per heavy atom. The maximum Gasteiger partial charge on any atom is 0.147 e. The minimum Gasteiger partial charge on any atom is -0.383 e. The normalized spacial score (nSPS) is 9.60. The number of aromatic nitrogens is 2. The molecule has 0 aliphatic carbocycles. The monoisotopic (exact) mass is 206 g/mol. The molecule has 0 spiro atoms. The van der Waals surface area contributed by atoms with Crippen molar-refractivity contribution in [1.82, 2.24) is 9.97 Å². The Hall–Kier alpha value is -1.67. The molecule has 80 valence electrons. The van der Waals surface area contributed by atoms with Crippen LogP contribution in [0.4, 0.5) is 5.82 Å². The van der Waals surface area contributed by atoms with E-state index in [9.17, 15) is 0 Å². The molecule has 0 aliphatic heterocycles. The van der Waals surface area contributed by atoms with Crippen LogP contribution in [0, 0.1) is 11.3 Å². The fourth-order valence-electron chi connectivity index (χ4n) is 1.18. The van der Waals surface area contributed by atoms with Crippen LogP contribution in [0.15, 0.2) is 18.6 Å². The van der Waals surface area contributed by atoms with Crippen LogP contribution in [0.25, 0.3) is 0 Å². The van der Waals surface area contributed by atoms with Crippen molar-refractivity contribution in [3.05, 3.63) is 18.6 Å². The number of methoxy groups -OCH3 is 1. The van der Waals surface area contributed by atoms with Gasteiger partial charge in [-0.25, -0.2) is 4.98 Å². The summed E-state index contributed by atoms with van der Waals surface area (Å²) in [6, 6.07) is 2.11. The number of nitrogens with zero attached hydrogens (tertiary/aromatic N) is 4. The van der Waals surface area contributed by atoms with Gasteiger partial charge in [-0.2, -0.15) is 5.26 Å². The molecule has 0 saturated heterocycles. The van der Waals surface area contributed by atoms with Crippen molar-refractivity contribution >= 4 is 5.82 Å². The Morgan fingerprint density at radius 3 is 2.93 bits per heavy atom. The van der Waals surface area contributed by atoms with E-state index in [1.807, 2.05) is 4.90 Å². The summed E-state index contributed by atoms with van der Waals surface area (Å²) < 4.78 is 5.00. The van der Waals surface area contributed by atoms with Crippen molar-refractivity contribution in [1.29, 1.82) is 5.26 Å². The summed E-state index contributed by atoms with van der Waals surface area (Å²) in [5, 5.41) is 8.54. The molecule has 5 nitrogen and oxygen atoms in total. The van der Waals surface area contributed by atoms with Crippen molar-refractivity contribution in [3.8, 4) is 6.07 Å². The standard InChI is InChI=1S/C10H14N4O/c1-15-8-7-14(6-2-3-11)10-9-12-4-5-13-10/h4-5,9H,2,6-8H2,1H3. The summed E-state index contributed by atoms with van der Waals surface area (Å²) in [7, 11) is 1.65. The fourth-order valence-corrected chi connectivity index (χ4v) is 1.18. The highest BCUT2D eigenvalue weighted by atomic mass is 16.5. The highest BCUT2D eigenvalue weighted by Crippen LogP contribution is 2.07. The van der Waals surface area contributed by atoms with E-state index >= 15 is 0 Å². The third-order valence-corrected chi connectivity index (χ3v) is 1.93. The summed E-state index contributed by atoms with van der Waals surface area (Å²) in [5.41, 5.74) is 0. The zero-order chi connectivity index (χ0) is 10.9. The number of nitriles is 1. The quantitative estimate of drug-likeness (QED) is 0.690. The topological polar surface area (TPSA) is 62.0 Å². The summed E-state index contributed by atoms with van der Waals surface area (Å²) in [6.07, 6.45) is 5.43. The second-order valence-electron chi connectivity index (χ2n) is 2.95. The van der Waals surface area contributed by atoms with Crippen LogP contribution in [-0.4, -0.2) is 36.8 Å². The number of ether oxygens (including phenoxy) is 1. The second-order valence-corrected chi connectivity index (χ2v) is 2.95. The first-order valence-electron chi connectivity index (χ1n) is 4.75. The third kappa shape index (κ3) is 3.92. The molecule has 15 heavy (non-hydrogen) atoms. The molecule has 1 rings (SSSR count). The molecule has 0 bridgehead atoms. The van der Waals surface area contributed by atoms with Gasteiger partial charge in [0.05, 0.1) is 25.3 Å². The molecule has 0 fully saturated rings. The first kappa shape index (κ1) is 11.4. The fraction of sp³-hybridized carbons (Fsp3) is 0.500. The Morgan fingerprint density at radius 2 is 2.33 bits per heavy atom. The number of hydrogen-bond acceptors (Lipinski definition) is 5. The predicted octanol–water partition coefficient (Wildman–Crippen LogP) is 0.843. The predicted molar refractivity (Wildman–Crippen MR) is 56.4 cm³/mol. The zero-order valence-corrected chi connectivity index (χ0v) is 8.76. The van der Waals surface area contributed by atoms with Gasteiger partial charge in [-0.15, -0.1) is 0 Å². The lowest BCUT2D eigenvalue weighted by Gasteiger charge is -2.21. The third-order valence-electron chi connectivity index (χ3n) is 1.93. The molecule has 0 unspecified atom stereocenters. The van der Waals surface area contributed by atoms with Crippen LogP contribution in [0.1, 0.15) is 6.42 Å². The van der Waals surface area contributed by atoms with Crippen molar-refractivity contribution in [3.63, 3.8) is 0 Å². The average molecular weight is 206 g/mol. The van der Waals surface area contributed by atoms with Gasteiger partial charge in [0.2, 0.25) is 0 Å². The van der Waals surface area contributed by atoms with E-state index in [0.717, 1.165) is 12.4 Å².